The quantitative estimate of drug-likeness (QED) is 0.324. The van der Waals surface area contributed by atoms with Crippen molar-refractivity contribution < 1.29 is 23.1 Å². The molecule has 1 saturated heterocycles. The molecule has 2 amide bonds. The fraction of sp³-hybridized carbons (Fsp3) is 0.346. The van der Waals surface area contributed by atoms with Gasteiger partial charge < -0.3 is 20.7 Å². The summed E-state index contributed by atoms with van der Waals surface area (Å²) < 4.78 is 36.1. The molecular formula is C26H27F2N5O3S. The van der Waals surface area contributed by atoms with E-state index < -0.39 is 24.3 Å². The van der Waals surface area contributed by atoms with Gasteiger partial charge >= 0.3 is 6.09 Å². The van der Waals surface area contributed by atoms with Crippen molar-refractivity contribution in [3.63, 3.8) is 0 Å². The van der Waals surface area contributed by atoms with Crippen LogP contribution in [-0.2, 0) is 11.3 Å². The molecule has 11 heteroatoms. The second-order valence-electron chi connectivity index (χ2n) is 9.10. The molecule has 0 bridgehead atoms. The number of aromatic nitrogens is 2. The summed E-state index contributed by atoms with van der Waals surface area (Å²) in [4.78, 5) is 31.0. The highest BCUT2D eigenvalue weighted by Crippen LogP contribution is 2.31. The lowest BCUT2D eigenvalue weighted by Crippen LogP contribution is -2.33. The Morgan fingerprint density at radius 1 is 1.11 bits per heavy atom. The lowest BCUT2D eigenvalue weighted by Gasteiger charge is -2.26. The van der Waals surface area contributed by atoms with Crippen molar-refractivity contribution in [2.24, 2.45) is 5.73 Å². The van der Waals surface area contributed by atoms with Gasteiger partial charge in [-0.05, 0) is 69.2 Å². The van der Waals surface area contributed by atoms with E-state index in [1.165, 1.54) is 30.6 Å². The molecule has 0 atom stereocenters. The third-order valence-electron chi connectivity index (χ3n) is 6.54. The first-order chi connectivity index (χ1) is 17.9. The lowest BCUT2D eigenvalue weighted by molar-refractivity contribution is 0.0951. The number of halogens is 2. The number of nitrogens with zero attached hydrogens (tertiary/aromatic N) is 3. The van der Waals surface area contributed by atoms with Crippen molar-refractivity contribution in [1.29, 1.82) is 0 Å². The highest BCUT2D eigenvalue weighted by Gasteiger charge is 2.17. The molecule has 37 heavy (non-hydrogen) atoms. The smallest absolute Gasteiger partial charge is 0.404 e. The van der Waals surface area contributed by atoms with Crippen molar-refractivity contribution in [2.75, 3.05) is 26.2 Å². The monoisotopic (exact) mass is 527 g/mol. The molecule has 1 aliphatic rings. The predicted octanol–water partition coefficient (Wildman–Crippen LogP) is 4.70. The van der Waals surface area contributed by atoms with Gasteiger partial charge in [0, 0.05) is 23.9 Å². The minimum Gasteiger partial charge on any atom is -0.445 e. The molecule has 194 valence electrons. The van der Waals surface area contributed by atoms with E-state index in [0.717, 1.165) is 48.4 Å². The third kappa shape index (κ3) is 5.57. The number of primary amides is 1. The van der Waals surface area contributed by atoms with E-state index in [2.05, 4.69) is 19.9 Å². The maximum Gasteiger partial charge on any atom is 0.404 e. The van der Waals surface area contributed by atoms with Crippen LogP contribution < -0.4 is 11.1 Å². The topological polar surface area (TPSA) is 102 Å². The van der Waals surface area contributed by atoms with Crippen molar-refractivity contribution >= 4 is 38.5 Å². The van der Waals surface area contributed by atoms with E-state index >= 15 is 0 Å². The summed E-state index contributed by atoms with van der Waals surface area (Å²) in [6.45, 7) is 3.33. The first-order valence-corrected chi connectivity index (χ1v) is 13.0. The van der Waals surface area contributed by atoms with Crippen LogP contribution in [0.15, 0.2) is 36.5 Å². The second kappa shape index (κ2) is 10.8. The number of fused-ring (bicyclic) bond motifs is 3. The van der Waals surface area contributed by atoms with Crippen LogP contribution in [0.2, 0.25) is 0 Å². The van der Waals surface area contributed by atoms with Crippen LogP contribution in [0.25, 0.3) is 26.4 Å². The van der Waals surface area contributed by atoms with Crippen molar-refractivity contribution in [3.8, 4) is 11.3 Å². The summed E-state index contributed by atoms with van der Waals surface area (Å²) in [5, 5.41) is 3.00. The average Bonchev–Trinajstić information content (AvgIpc) is 3.44. The number of benzene rings is 2. The number of thiazole rings is 1. The van der Waals surface area contributed by atoms with Crippen LogP contribution in [0.1, 0.15) is 41.6 Å². The molecule has 1 fully saturated rings. The first-order valence-electron chi connectivity index (χ1n) is 12.2. The van der Waals surface area contributed by atoms with Crippen LogP contribution in [-0.4, -0.2) is 52.5 Å². The maximum absolute atomic E-state index is 14.5. The average molecular weight is 528 g/mol. The van der Waals surface area contributed by atoms with Gasteiger partial charge in [-0.1, -0.05) is 17.8 Å². The van der Waals surface area contributed by atoms with E-state index in [9.17, 15) is 18.4 Å². The fourth-order valence-corrected chi connectivity index (χ4v) is 5.65. The Morgan fingerprint density at radius 3 is 2.59 bits per heavy atom. The Hall–Kier alpha value is -3.57. The van der Waals surface area contributed by atoms with Crippen LogP contribution in [0.4, 0.5) is 13.6 Å². The number of rotatable bonds is 8. The van der Waals surface area contributed by atoms with Gasteiger partial charge in [0.15, 0.2) is 4.96 Å². The first kappa shape index (κ1) is 25.1. The number of carbonyl (C=O) groups excluding carboxylic acids is 2. The van der Waals surface area contributed by atoms with Crippen LogP contribution in [0.3, 0.4) is 0 Å². The van der Waals surface area contributed by atoms with Gasteiger partial charge in [-0.15, -0.1) is 0 Å². The highest BCUT2D eigenvalue weighted by molar-refractivity contribution is 7.23. The molecule has 0 radical (unpaired) electrons. The molecule has 2 aromatic heterocycles. The summed E-state index contributed by atoms with van der Waals surface area (Å²) in [6, 6.07) is 7.73. The largest absolute Gasteiger partial charge is 0.445 e. The van der Waals surface area contributed by atoms with Gasteiger partial charge in [-0.3, -0.25) is 9.20 Å². The molecule has 3 heterocycles. The van der Waals surface area contributed by atoms with Crippen LogP contribution in [0.5, 0.6) is 0 Å². The van der Waals surface area contributed by atoms with E-state index in [4.69, 9.17) is 5.73 Å². The molecule has 5 rings (SSSR count). The predicted molar refractivity (Wildman–Crippen MR) is 138 cm³/mol. The Balaban J connectivity index is 1.28. The number of hydrogen-bond acceptors (Lipinski definition) is 6. The van der Waals surface area contributed by atoms with Crippen LogP contribution >= 0.6 is 11.3 Å². The number of carbonyl (C=O) groups is 2. The van der Waals surface area contributed by atoms with Gasteiger partial charge in [0.25, 0.3) is 5.91 Å². The summed E-state index contributed by atoms with van der Waals surface area (Å²) in [6.07, 6.45) is 5.33. The number of nitrogens with one attached hydrogen (secondary N) is 1. The number of ether oxygens (including phenoxy) is 1. The van der Waals surface area contributed by atoms with Gasteiger partial charge in [0.05, 0.1) is 21.5 Å². The Morgan fingerprint density at radius 2 is 1.86 bits per heavy atom. The van der Waals surface area contributed by atoms with Crippen molar-refractivity contribution in [3.05, 3.63) is 59.3 Å². The summed E-state index contributed by atoms with van der Waals surface area (Å²) in [5.41, 5.74) is 6.55. The Kier molecular flexibility index (Phi) is 7.33. The molecule has 2 aromatic carbocycles. The lowest BCUT2D eigenvalue weighted by atomic mass is 10.1. The zero-order valence-electron chi connectivity index (χ0n) is 20.1. The zero-order chi connectivity index (χ0) is 25.9. The minimum atomic E-state index is -1.11. The molecule has 0 spiro atoms. The SMILES string of the molecule is NC(=O)OCc1c(F)cc(-c2cn3c(n2)sc2cc(C(=O)NCCCN4CCCCC4)ccc23)cc1F. The van der Waals surface area contributed by atoms with E-state index in [0.29, 0.717) is 22.8 Å². The van der Waals surface area contributed by atoms with Crippen LogP contribution in [0, 0.1) is 11.6 Å². The fourth-order valence-electron chi connectivity index (χ4n) is 4.60. The normalized spacial score (nSPS) is 14.3. The number of piperidine rings is 1. The Bertz CT molecular complexity index is 1440. The summed E-state index contributed by atoms with van der Waals surface area (Å²) >= 11 is 1.39. The van der Waals surface area contributed by atoms with Crippen molar-refractivity contribution in [2.45, 2.75) is 32.3 Å². The number of nitrogens with two attached hydrogens (primary N) is 1. The number of imidazole rings is 1. The summed E-state index contributed by atoms with van der Waals surface area (Å²) in [7, 11) is 0. The molecule has 8 nitrogen and oxygen atoms in total. The molecule has 4 aromatic rings. The third-order valence-corrected chi connectivity index (χ3v) is 7.55. The van der Waals surface area contributed by atoms with Gasteiger partial charge in [0.1, 0.15) is 18.2 Å². The number of amides is 2. The molecule has 0 aliphatic carbocycles. The van der Waals surface area contributed by atoms with Crippen molar-refractivity contribution in [1.82, 2.24) is 19.6 Å². The maximum atomic E-state index is 14.5. The zero-order valence-corrected chi connectivity index (χ0v) is 21.0. The van der Waals surface area contributed by atoms with Gasteiger partial charge in [-0.2, -0.15) is 0 Å². The highest BCUT2D eigenvalue weighted by atomic mass is 32.1. The number of likely N-dealkylation sites (tertiary alicyclic amines) is 1. The van der Waals surface area contributed by atoms with E-state index in [1.54, 1.807) is 12.3 Å². The standard InChI is InChI=1S/C26H27F2N5O3S/c27-19-11-17(12-20(28)18(19)15-36-25(29)35)21-14-33-22-6-5-16(13-23(22)37-26(33)31-21)24(34)30-7-4-10-32-8-2-1-3-9-32/h5-6,11-14H,1-4,7-10,15H2,(H2,29,35)(H,30,34). The molecule has 3 N–H and O–H groups in total. The molecule has 0 saturated carbocycles. The van der Waals surface area contributed by atoms with E-state index in [-0.39, 0.29) is 17.0 Å². The molecule has 1 aliphatic heterocycles. The second-order valence-corrected chi connectivity index (χ2v) is 10.1. The minimum absolute atomic E-state index is 0.112. The van der Waals surface area contributed by atoms with Gasteiger partial charge in [-0.25, -0.2) is 18.6 Å². The number of hydrogen-bond donors (Lipinski definition) is 2. The summed E-state index contributed by atoms with van der Waals surface area (Å²) in [5.74, 6) is -1.83. The molecular weight excluding hydrogens is 500 g/mol. The van der Waals surface area contributed by atoms with E-state index in [1.807, 2.05) is 16.5 Å². The Labute approximate surface area is 216 Å². The molecule has 0 unspecified atom stereocenters. The van der Waals surface area contributed by atoms with Gasteiger partial charge in [0.2, 0.25) is 0 Å².